The van der Waals surface area contributed by atoms with Gasteiger partial charge in [0.2, 0.25) is 0 Å². The van der Waals surface area contributed by atoms with Crippen molar-refractivity contribution >= 4 is 19.8 Å². The minimum atomic E-state index is -4.40. The molecule has 2 atom stereocenters. The monoisotopic (exact) mass is 803 g/mol. The van der Waals surface area contributed by atoms with E-state index >= 15 is 0 Å². The van der Waals surface area contributed by atoms with Gasteiger partial charge in [-0.2, -0.15) is 0 Å². The minimum Gasteiger partial charge on any atom is -0.462 e. The van der Waals surface area contributed by atoms with Gasteiger partial charge in [-0.25, -0.2) is 4.57 Å². The number of quaternary nitrogens is 1. The maximum absolute atomic E-state index is 12.7. The molecule has 9 nitrogen and oxygen atoms in total. The number of rotatable bonds is 36. The summed E-state index contributed by atoms with van der Waals surface area (Å²) in [5.74, 6) is -0.899. The lowest BCUT2D eigenvalue weighted by Gasteiger charge is -2.24. The number of likely N-dealkylation sites (N-methyl/N-ethyl adjacent to an activating group) is 1. The molecule has 0 aliphatic rings. The van der Waals surface area contributed by atoms with Gasteiger partial charge >= 0.3 is 19.8 Å². The molecule has 1 N–H and O–H groups in total. The van der Waals surface area contributed by atoms with Crippen molar-refractivity contribution in [2.24, 2.45) is 0 Å². The van der Waals surface area contributed by atoms with Crippen LogP contribution in [-0.2, 0) is 32.7 Å². The van der Waals surface area contributed by atoms with Crippen LogP contribution in [-0.4, -0.2) is 74.9 Å². The largest absolute Gasteiger partial charge is 0.472 e. The van der Waals surface area contributed by atoms with Gasteiger partial charge in [-0.05, 0) is 83.5 Å². The summed E-state index contributed by atoms with van der Waals surface area (Å²) in [5, 5.41) is 0. The lowest BCUT2D eigenvalue weighted by atomic mass is 10.1. The van der Waals surface area contributed by atoms with Gasteiger partial charge in [-0.1, -0.05) is 130 Å². The summed E-state index contributed by atoms with van der Waals surface area (Å²) in [6.07, 6.45) is 48.9. The zero-order chi connectivity index (χ0) is 41.4. The van der Waals surface area contributed by atoms with Crippen LogP contribution in [0.25, 0.3) is 0 Å². The Hall–Kier alpha value is -3.07. The van der Waals surface area contributed by atoms with E-state index in [1.807, 2.05) is 27.2 Å². The quantitative estimate of drug-likeness (QED) is 0.0219. The van der Waals surface area contributed by atoms with Crippen molar-refractivity contribution in [2.45, 2.75) is 136 Å². The molecule has 0 aliphatic heterocycles. The first kappa shape index (κ1) is 52.9. The Morgan fingerprint density at radius 1 is 0.554 bits per heavy atom. The third-order valence-corrected chi connectivity index (χ3v) is 9.09. The van der Waals surface area contributed by atoms with Gasteiger partial charge in [-0.3, -0.25) is 18.6 Å². The number of allylic oxidation sites excluding steroid dienone is 16. The summed E-state index contributed by atoms with van der Waals surface area (Å²) in [5.41, 5.74) is 0. The molecule has 0 heterocycles. The predicted molar refractivity (Wildman–Crippen MR) is 233 cm³/mol. The van der Waals surface area contributed by atoms with Gasteiger partial charge in [0.25, 0.3) is 0 Å². The second-order valence-corrected chi connectivity index (χ2v) is 16.1. The lowest BCUT2D eigenvalue weighted by Crippen LogP contribution is -2.37. The van der Waals surface area contributed by atoms with Crippen molar-refractivity contribution in [2.75, 3.05) is 47.5 Å². The van der Waals surface area contributed by atoms with Crippen LogP contribution in [0.1, 0.15) is 129 Å². The molecule has 0 saturated carbocycles. The van der Waals surface area contributed by atoms with Crippen LogP contribution in [0.3, 0.4) is 0 Å². The maximum atomic E-state index is 12.7. The van der Waals surface area contributed by atoms with Crippen molar-refractivity contribution in [1.29, 1.82) is 0 Å². The Labute approximate surface area is 341 Å². The zero-order valence-electron chi connectivity index (χ0n) is 35.6. The first-order valence-corrected chi connectivity index (χ1v) is 22.5. The molecule has 0 bridgehead atoms. The normalized spacial score (nSPS) is 14.6. The minimum absolute atomic E-state index is 0.0133. The number of esters is 2. The molecule has 0 aromatic carbocycles. The van der Waals surface area contributed by atoms with Crippen LogP contribution in [0.4, 0.5) is 0 Å². The van der Waals surface area contributed by atoms with Gasteiger partial charge in [0.15, 0.2) is 6.10 Å². The molecular weight excluding hydrogens is 725 g/mol. The number of phosphoric ester groups is 1. The number of carbonyl (C=O) groups is 2. The third-order valence-electron chi connectivity index (χ3n) is 8.11. The molecule has 1 unspecified atom stereocenters. The van der Waals surface area contributed by atoms with Gasteiger partial charge in [0, 0.05) is 12.8 Å². The average molecular weight is 803 g/mol. The second kappa shape index (κ2) is 37.5. The number of ether oxygens (including phenoxy) is 2. The van der Waals surface area contributed by atoms with Gasteiger partial charge < -0.3 is 18.9 Å². The predicted octanol–water partition coefficient (Wildman–Crippen LogP) is 11.8. The van der Waals surface area contributed by atoms with Crippen molar-refractivity contribution in [1.82, 2.24) is 0 Å². The van der Waals surface area contributed by atoms with Crippen molar-refractivity contribution in [3.05, 3.63) is 97.2 Å². The van der Waals surface area contributed by atoms with Gasteiger partial charge in [0.05, 0.1) is 27.7 Å². The van der Waals surface area contributed by atoms with E-state index in [0.29, 0.717) is 23.9 Å². The fraction of sp³-hybridized carbons (Fsp3) is 0.609. The molecule has 0 rings (SSSR count). The van der Waals surface area contributed by atoms with Crippen LogP contribution >= 0.6 is 7.82 Å². The highest BCUT2D eigenvalue weighted by atomic mass is 31.2. The molecule has 0 aliphatic carbocycles. The summed E-state index contributed by atoms with van der Waals surface area (Å²) >= 11 is 0. The average Bonchev–Trinajstić information content (AvgIpc) is 3.15. The van der Waals surface area contributed by atoms with Gasteiger partial charge in [-0.15, -0.1) is 0 Å². The van der Waals surface area contributed by atoms with E-state index in [2.05, 4.69) is 105 Å². The summed E-state index contributed by atoms with van der Waals surface area (Å²) in [6, 6.07) is 0. The number of hydrogen-bond acceptors (Lipinski definition) is 7. The molecule has 0 aromatic rings. The number of phosphoric acid groups is 1. The summed E-state index contributed by atoms with van der Waals surface area (Å²) in [6.45, 7) is 4.07. The summed E-state index contributed by atoms with van der Waals surface area (Å²) in [7, 11) is 1.41. The molecule has 56 heavy (non-hydrogen) atoms. The van der Waals surface area contributed by atoms with Crippen molar-refractivity contribution in [3.8, 4) is 0 Å². The Morgan fingerprint density at radius 2 is 0.982 bits per heavy atom. The third kappa shape index (κ3) is 40.6. The number of nitrogens with zero attached hydrogens (tertiary/aromatic N) is 1. The number of unbranched alkanes of at least 4 members (excludes halogenated alkanes) is 6. The van der Waals surface area contributed by atoms with E-state index < -0.39 is 32.5 Å². The van der Waals surface area contributed by atoms with Gasteiger partial charge in [0.1, 0.15) is 19.8 Å². The smallest absolute Gasteiger partial charge is 0.462 e. The highest BCUT2D eigenvalue weighted by Gasteiger charge is 2.27. The topological polar surface area (TPSA) is 108 Å². The Kier molecular flexibility index (Phi) is 35.4. The number of hydrogen-bond donors (Lipinski definition) is 1. The van der Waals surface area contributed by atoms with E-state index in [4.69, 9.17) is 18.5 Å². The van der Waals surface area contributed by atoms with Crippen molar-refractivity contribution < 1.29 is 42.1 Å². The molecule has 0 amide bonds. The highest BCUT2D eigenvalue weighted by molar-refractivity contribution is 7.47. The van der Waals surface area contributed by atoms with E-state index in [9.17, 15) is 19.0 Å². The van der Waals surface area contributed by atoms with Crippen LogP contribution in [0.15, 0.2) is 97.2 Å². The highest BCUT2D eigenvalue weighted by Crippen LogP contribution is 2.43. The Balaban J connectivity index is 4.54. The van der Waals surface area contributed by atoms with Crippen LogP contribution in [0.2, 0.25) is 0 Å². The second-order valence-electron chi connectivity index (χ2n) is 14.6. The van der Waals surface area contributed by atoms with E-state index in [0.717, 1.165) is 89.9 Å². The first-order valence-electron chi connectivity index (χ1n) is 21.0. The SMILES string of the molecule is CC/C=C\C/C=C\C/C=C\C/C=C\C/C=C\CCCC(=O)OC[C@H](COP(=O)(O)OCC[N+](C)(C)C)OC(=O)CCCCCCC/C=C\C/C=C\C/C=C\CC. The molecule has 0 fully saturated rings. The molecular formula is C46H77NO8P+. The number of carbonyl (C=O) groups excluding carboxylic acids is 2. The summed E-state index contributed by atoms with van der Waals surface area (Å²) < 4.78 is 34.2. The standard InChI is InChI=1S/C46H76NO8P/c1-6-8-10-12-14-16-18-20-22-23-25-26-28-30-32-34-36-38-45(48)52-42-44(43-54-56(50,51)53-41-40-47(3,4)5)55-46(49)39-37-35-33-31-29-27-24-21-19-17-15-13-11-9-7-2/h8-11,14-17,20-22,24-26,30,32,44H,6-7,12-13,18-19,23,27-29,31,33-43H2,1-5H3/p+1/b10-8-,11-9-,16-14-,17-15-,22-20-,24-21-,26-25-,32-30-/t44-/m1/s1. The van der Waals surface area contributed by atoms with Crippen LogP contribution in [0.5, 0.6) is 0 Å². The molecule has 0 aromatic heterocycles. The van der Waals surface area contributed by atoms with E-state index in [1.54, 1.807) is 0 Å². The Morgan fingerprint density at radius 3 is 1.48 bits per heavy atom. The first-order chi connectivity index (χ1) is 27.0. The lowest BCUT2D eigenvalue weighted by molar-refractivity contribution is -0.870. The molecule has 0 spiro atoms. The molecule has 0 radical (unpaired) electrons. The molecule has 318 valence electrons. The molecule has 0 saturated heterocycles. The van der Waals surface area contributed by atoms with Crippen LogP contribution < -0.4 is 0 Å². The molecule has 10 heteroatoms. The van der Waals surface area contributed by atoms with Crippen LogP contribution in [0, 0.1) is 0 Å². The fourth-order valence-corrected chi connectivity index (χ4v) is 5.63. The van der Waals surface area contributed by atoms with Crippen molar-refractivity contribution in [3.63, 3.8) is 0 Å². The zero-order valence-corrected chi connectivity index (χ0v) is 36.5. The summed E-state index contributed by atoms with van der Waals surface area (Å²) in [4.78, 5) is 35.3. The fourth-order valence-electron chi connectivity index (χ4n) is 4.88. The van der Waals surface area contributed by atoms with E-state index in [-0.39, 0.29) is 26.1 Å². The van der Waals surface area contributed by atoms with E-state index in [1.165, 1.54) is 0 Å². The maximum Gasteiger partial charge on any atom is 0.472 e. The Bertz CT molecular complexity index is 1270.